The number of hydrogen-bond acceptors (Lipinski definition) is 6. The average Bonchev–Trinajstić information content (AvgIpc) is 3.49. The lowest BCUT2D eigenvalue weighted by Crippen LogP contribution is -2.30. The maximum atomic E-state index is 12.9. The van der Waals surface area contributed by atoms with Crippen molar-refractivity contribution >= 4 is 17.9 Å². The maximum Gasteiger partial charge on any atom is 0.306 e. The van der Waals surface area contributed by atoms with Crippen LogP contribution in [-0.4, -0.2) is 37.2 Å². The summed E-state index contributed by atoms with van der Waals surface area (Å²) >= 11 is 0. The van der Waals surface area contributed by atoms with E-state index in [2.05, 4.69) is 179 Å². The minimum absolute atomic E-state index is 0.103. The summed E-state index contributed by atoms with van der Waals surface area (Å²) in [5.41, 5.74) is 0. The van der Waals surface area contributed by atoms with Crippen molar-refractivity contribution in [3.63, 3.8) is 0 Å². The van der Waals surface area contributed by atoms with Crippen LogP contribution in [0.15, 0.2) is 158 Å². The molecule has 0 aliphatic rings. The van der Waals surface area contributed by atoms with Gasteiger partial charge in [-0.2, -0.15) is 0 Å². The Kier molecular flexibility index (Phi) is 65.4. The van der Waals surface area contributed by atoms with Crippen LogP contribution in [0.3, 0.4) is 0 Å². The largest absolute Gasteiger partial charge is 0.462 e. The minimum atomic E-state index is -0.809. The van der Waals surface area contributed by atoms with E-state index in [-0.39, 0.29) is 31.1 Å². The lowest BCUT2D eigenvalue weighted by Gasteiger charge is -2.18. The van der Waals surface area contributed by atoms with Gasteiger partial charge in [-0.1, -0.05) is 281 Å². The highest BCUT2D eigenvalue weighted by Gasteiger charge is 2.19. The number of allylic oxidation sites excluding steroid dienone is 26. The van der Waals surface area contributed by atoms with Gasteiger partial charge in [-0.3, -0.25) is 14.4 Å². The third kappa shape index (κ3) is 67.7. The summed E-state index contributed by atoms with van der Waals surface area (Å²) in [4.78, 5) is 38.4. The Morgan fingerprint density at radius 3 is 0.795 bits per heavy atom. The Balaban J connectivity index is 4.42. The van der Waals surface area contributed by atoms with E-state index in [1.54, 1.807) is 0 Å². The molecule has 0 amide bonds. The second-order valence-electron chi connectivity index (χ2n) is 22.0. The summed E-state index contributed by atoms with van der Waals surface area (Å²) in [5.74, 6) is -0.954. The van der Waals surface area contributed by atoms with Crippen molar-refractivity contribution in [1.82, 2.24) is 0 Å². The number of carbonyl (C=O) groups excluding carboxylic acids is 3. The summed E-state index contributed by atoms with van der Waals surface area (Å²) in [6, 6.07) is 0. The fraction of sp³-hybridized carbons (Fsp3) is 0.623. The van der Waals surface area contributed by atoms with Gasteiger partial charge in [0.2, 0.25) is 0 Å². The van der Waals surface area contributed by atoms with Crippen LogP contribution in [0.25, 0.3) is 0 Å². The van der Waals surface area contributed by atoms with Crippen molar-refractivity contribution in [1.29, 1.82) is 0 Å². The van der Waals surface area contributed by atoms with Crippen LogP contribution in [0.4, 0.5) is 0 Å². The van der Waals surface area contributed by atoms with Crippen LogP contribution in [0.5, 0.6) is 0 Å². The van der Waals surface area contributed by atoms with Crippen LogP contribution in [-0.2, 0) is 28.6 Å². The zero-order valence-corrected chi connectivity index (χ0v) is 53.7. The molecule has 0 saturated carbocycles. The average molecular weight is 1150 g/mol. The Bertz CT molecular complexity index is 1840. The molecule has 0 aliphatic carbocycles. The molecule has 0 spiro atoms. The third-order valence-electron chi connectivity index (χ3n) is 14.0. The number of rotatable bonds is 60. The SMILES string of the molecule is CC/C=C\C/C=C\C/C=C\C/C=C\C/C=C\C/C=C\C/C=C\C/C=C\C/C=C\CCCCCC(=O)OCC(COC(=O)CCCCCCC/C=C\C/C=C\CCC)OC(=O)CCCCCCCCCCC/C=C\C/C=C\CCCCCCC. The zero-order valence-electron chi connectivity index (χ0n) is 53.7. The lowest BCUT2D eigenvalue weighted by molar-refractivity contribution is -0.167. The Labute approximate surface area is 511 Å². The molecule has 0 fully saturated rings. The van der Waals surface area contributed by atoms with E-state index >= 15 is 0 Å². The van der Waals surface area contributed by atoms with E-state index in [1.807, 2.05) is 0 Å². The fourth-order valence-corrected chi connectivity index (χ4v) is 8.91. The van der Waals surface area contributed by atoms with Gasteiger partial charge < -0.3 is 14.2 Å². The molecule has 6 nitrogen and oxygen atoms in total. The van der Waals surface area contributed by atoms with Gasteiger partial charge >= 0.3 is 17.9 Å². The summed E-state index contributed by atoms with van der Waals surface area (Å²) in [6.45, 7) is 6.41. The highest BCUT2D eigenvalue weighted by molar-refractivity contribution is 5.71. The van der Waals surface area contributed by atoms with Gasteiger partial charge in [-0.15, -0.1) is 0 Å². The van der Waals surface area contributed by atoms with E-state index in [0.29, 0.717) is 19.3 Å². The first-order chi connectivity index (χ1) is 41.0. The number of unbranched alkanes of at least 4 members (excludes halogenated alkanes) is 23. The first-order valence-electron chi connectivity index (χ1n) is 34.0. The molecule has 6 heteroatoms. The molecule has 1 unspecified atom stereocenters. The Hall–Kier alpha value is -4.97. The number of carbonyl (C=O) groups is 3. The van der Waals surface area contributed by atoms with Crippen LogP contribution < -0.4 is 0 Å². The number of ether oxygens (including phenoxy) is 3. The van der Waals surface area contributed by atoms with Crippen LogP contribution in [0.2, 0.25) is 0 Å². The molecular weight excluding hydrogens is 1020 g/mol. The summed E-state index contributed by atoms with van der Waals surface area (Å²) in [7, 11) is 0. The van der Waals surface area contributed by atoms with Gasteiger partial charge in [0.15, 0.2) is 6.10 Å². The Morgan fingerprint density at radius 1 is 0.253 bits per heavy atom. The molecule has 0 saturated heterocycles. The molecule has 83 heavy (non-hydrogen) atoms. The molecule has 1 atom stereocenters. The van der Waals surface area contributed by atoms with Crippen LogP contribution >= 0.6 is 0 Å². The quantitative estimate of drug-likeness (QED) is 0.0261. The smallest absolute Gasteiger partial charge is 0.306 e. The van der Waals surface area contributed by atoms with Crippen molar-refractivity contribution in [2.75, 3.05) is 13.2 Å². The number of esters is 3. The van der Waals surface area contributed by atoms with Crippen molar-refractivity contribution in [3.05, 3.63) is 158 Å². The van der Waals surface area contributed by atoms with E-state index in [9.17, 15) is 14.4 Å². The fourth-order valence-electron chi connectivity index (χ4n) is 8.91. The van der Waals surface area contributed by atoms with Gasteiger partial charge in [-0.05, 0) is 148 Å². The molecule has 468 valence electrons. The highest BCUT2D eigenvalue weighted by atomic mass is 16.6. The van der Waals surface area contributed by atoms with E-state index < -0.39 is 6.10 Å². The summed E-state index contributed by atoms with van der Waals surface area (Å²) < 4.78 is 16.9. The first kappa shape index (κ1) is 78.0. The molecular formula is C77H124O6. The van der Waals surface area contributed by atoms with Crippen LogP contribution in [0.1, 0.15) is 290 Å². The Morgan fingerprint density at radius 2 is 0.494 bits per heavy atom. The van der Waals surface area contributed by atoms with E-state index in [0.717, 1.165) is 161 Å². The molecule has 0 heterocycles. The van der Waals surface area contributed by atoms with E-state index in [4.69, 9.17) is 14.2 Å². The normalized spacial score (nSPS) is 13.1. The first-order valence-corrected chi connectivity index (χ1v) is 34.0. The van der Waals surface area contributed by atoms with Gasteiger partial charge in [0.1, 0.15) is 13.2 Å². The van der Waals surface area contributed by atoms with Gasteiger partial charge in [0.25, 0.3) is 0 Å². The summed E-state index contributed by atoms with van der Waals surface area (Å²) in [6.07, 6.45) is 101. The molecule has 0 bridgehead atoms. The number of hydrogen-bond donors (Lipinski definition) is 0. The predicted molar refractivity (Wildman–Crippen MR) is 362 cm³/mol. The molecule has 0 aromatic rings. The predicted octanol–water partition coefficient (Wildman–Crippen LogP) is 23.7. The molecule has 0 radical (unpaired) electrons. The second-order valence-corrected chi connectivity index (χ2v) is 22.0. The van der Waals surface area contributed by atoms with Gasteiger partial charge in [0.05, 0.1) is 0 Å². The van der Waals surface area contributed by atoms with Crippen molar-refractivity contribution < 1.29 is 28.6 Å². The van der Waals surface area contributed by atoms with Crippen LogP contribution in [0, 0.1) is 0 Å². The van der Waals surface area contributed by atoms with E-state index in [1.165, 1.54) is 89.9 Å². The van der Waals surface area contributed by atoms with Gasteiger partial charge in [-0.25, -0.2) is 0 Å². The topological polar surface area (TPSA) is 78.9 Å². The minimum Gasteiger partial charge on any atom is -0.462 e. The third-order valence-corrected chi connectivity index (χ3v) is 14.0. The molecule has 0 N–H and O–H groups in total. The summed E-state index contributed by atoms with van der Waals surface area (Å²) in [5, 5.41) is 0. The maximum absolute atomic E-state index is 12.9. The standard InChI is InChI=1S/C77H124O6/c1-4-7-10-13-16-19-22-25-27-29-31-33-34-35-36-37-38-39-40-41-42-44-45-47-49-52-55-58-61-64-67-70-76(79)82-73-74(72-81-75(78)69-66-63-60-57-54-51-24-21-18-15-12-9-6-3)83-77(80)71-68-65-62-59-56-53-50-48-46-43-32-30-28-26-23-20-17-14-11-8-5-2/h7,10,12,15-16,19,21,23-27,30-33,35-36,38-39,41-42,45,47,52,55,74H,4-6,8-9,11,13-14,17-18,20,22,28-29,34,37,40,43-44,46,48-51,53-54,56-73H2,1-3H3/b10-7-,15-12-,19-16-,24-21-,26-23-,27-25-,32-30-,33-31-,36-35-,39-38-,42-41-,47-45-,55-52-. The molecule has 0 rings (SSSR count). The second kappa shape index (κ2) is 69.5. The molecule has 0 aliphatic heterocycles. The lowest BCUT2D eigenvalue weighted by atomic mass is 10.1. The highest BCUT2D eigenvalue weighted by Crippen LogP contribution is 2.15. The van der Waals surface area contributed by atoms with Crippen molar-refractivity contribution in [2.45, 2.75) is 297 Å². The van der Waals surface area contributed by atoms with Crippen molar-refractivity contribution in [2.24, 2.45) is 0 Å². The molecule has 0 aromatic carbocycles. The zero-order chi connectivity index (χ0) is 59.9. The van der Waals surface area contributed by atoms with Gasteiger partial charge in [0, 0.05) is 19.3 Å². The monoisotopic (exact) mass is 1140 g/mol. The molecule has 0 aromatic heterocycles. The van der Waals surface area contributed by atoms with Crippen molar-refractivity contribution in [3.8, 4) is 0 Å².